The molecule has 136 valence electrons. The fourth-order valence-corrected chi connectivity index (χ4v) is 5.03. The first kappa shape index (κ1) is 18.1. The van der Waals surface area contributed by atoms with Crippen molar-refractivity contribution in [1.82, 2.24) is 15.5 Å². The molecule has 0 aromatic rings. The molecular formula is C18H31N3O2S. The van der Waals surface area contributed by atoms with Crippen molar-refractivity contribution in [1.29, 1.82) is 0 Å². The van der Waals surface area contributed by atoms with Gasteiger partial charge in [0.2, 0.25) is 11.8 Å². The van der Waals surface area contributed by atoms with Crippen LogP contribution in [0.15, 0.2) is 0 Å². The smallest absolute Gasteiger partial charge is 0.225 e. The molecule has 0 aromatic heterocycles. The molecule has 2 heterocycles. The third kappa shape index (κ3) is 5.12. The van der Waals surface area contributed by atoms with Crippen LogP contribution in [0.3, 0.4) is 0 Å². The highest BCUT2D eigenvalue weighted by Gasteiger charge is 2.30. The molecule has 1 unspecified atom stereocenters. The van der Waals surface area contributed by atoms with Gasteiger partial charge in [-0.25, -0.2) is 0 Å². The highest BCUT2D eigenvalue weighted by molar-refractivity contribution is 7.99. The molecule has 1 atom stereocenters. The van der Waals surface area contributed by atoms with E-state index in [9.17, 15) is 9.59 Å². The number of carbonyl (C=O) groups is 2. The second-order valence-corrected chi connectivity index (χ2v) is 8.68. The Morgan fingerprint density at radius 3 is 2.50 bits per heavy atom. The number of carbonyl (C=O) groups excluding carboxylic acids is 2. The van der Waals surface area contributed by atoms with Crippen molar-refractivity contribution in [2.75, 3.05) is 37.7 Å². The molecule has 2 amide bonds. The molecule has 0 spiro atoms. The van der Waals surface area contributed by atoms with Gasteiger partial charge in [-0.15, -0.1) is 0 Å². The first-order valence-electron chi connectivity index (χ1n) is 9.59. The minimum absolute atomic E-state index is 0.186. The van der Waals surface area contributed by atoms with Gasteiger partial charge >= 0.3 is 0 Å². The van der Waals surface area contributed by atoms with Gasteiger partial charge in [0.05, 0.1) is 0 Å². The summed E-state index contributed by atoms with van der Waals surface area (Å²) in [6, 6.07) is 0.278. The van der Waals surface area contributed by atoms with Crippen molar-refractivity contribution in [2.24, 2.45) is 11.8 Å². The Labute approximate surface area is 149 Å². The number of thioether (sulfide) groups is 1. The van der Waals surface area contributed by atoms with Crippen molar-refractivity contribution in [3.63, 3.8) is 0 Å². The second-order valence-electron chi connectivity index (χ2n) is 7.45. The Bertz CT molecular complexity index is 426. The van der Waals surface area contributed by atoms with Gasteiger partial charge in [0.25, 0.3) is 0 Å². The van der Waals surface area contributed by atoms with Crippen LogP contribution in [0.5, 0.6) is 0 Å². The zero-order valence-electron chi connectivity index (χ0n) is 14.6. The van der Waals surface area contributed by atoms with Crippen molar-refractivity contribution in [2.45, 2.75) is 51.0 Å². The van der Waals surface area contributed by atoms with Gasteiger partial charge in [-0.05, 0) is 57.5 Å². The maximum atomic E-state index is 12.6. The summed E-state index contributed by atoms with van der Waals surface area (Å²) in [5, 5.41) is 6.55. The van der Waals surface area contributed by atoms with E-state index in [1.54, 1.807) is 0 Å². The molecule has 2 N–H and O–H groups in total. The van der Waals surface area contributed by atoms with Crippen LogP contribution < -0.4 is 10.6 Å². The molecule has 2 saturated heterocycles. The summed E-state index contributed by atoms with van der Waals surface area (Å²) in [7, 11) is 0. The van der Waals surface area contributed by atoms with Crippen molar-refractivity contribution in [3.8, 4) is 0 Å². The number of amides is 2. The van der Waals surface area contributed by atoms with E-state index in [0.29, 0.717) is 18.2 Å². The van der Waals surface area contributed by atoms with Crippen LogP contribution >= 0.6 is 11.8 Å². The third-order valence-corrected chi connectivity index (χ3v) is 6.65. The molecule has 3 fully saturated rings. The number of rotatable bonds is 5. The van der Waals surface area contributed by atoms with Crippen LogP contribution in [0.25, 0.3) is 0 Å². The number of hydrogen-bond donors (Lipinski definition) is 2. The summed E-state index contributed by atoms with van der Waals surface area (Å²) >= 11 is 1.94. The van der Waals surface area contributed by atoms with Crippen molar-refractivity contribution >= 4 is 23.6 Å². The Morgan fingerprint density at radius 2 is 1.83 bits per heavy atom. The normalized spacial score (nSPS) is 31.0. The van der Waals surface area contributed by atoms with Crippen LogP contribution in [0.1, 0.15) is 44.9 Å². The van der Waals surface area contributed by atoms with E-state index in [0.717, 1.165) is 69.8 Å². The first-order valence-corrected chi connectivity index (χ1v) is 10.7. The first-order chi connectivity index (χ1) is 11.7. The predicted octanol–water partition coefficient (Wildman–Crippen LogP) is 1.63. The molecule has 0 radical (unpaired) electrons. The van der Waals surface area contributed by atoms with Gasteiger partial charge in [-0.2, -0.15) is 11.8 Å². The summed E-state index contributed by atoms with van der Waals surface area (Å²) in [4.78, 5) is 26.7. The topological polar surface area (TPSA) is 61.4 Å². The minimum Gasteiger partial charge on any atom is -0.353 e. The largest absolute Gasteiger partial charge is 0.353 e. The van der Waals surface area contributed by atoms with Crippen LogP contribution in [-0.2, 0) is 9.59 Å². The Hall–Kier alpha value is -0.750. The second kappa shape index (κ2) is 9.09. The molecule has 1 aliphatic carbocycles. The summed E-state index contributed by atoms with van der Waals surface area (Å²) in [5.74, 6) is 3.57. The lowest BCUT2D eigenvalue weighted by Crippen LogP contribution is -2.44. The Balaban J connectivity index is 1.33. The lowest BCUT2D eigenvalue weighted by molar-refractivity contribution is -0.136. The quantitative estimate of drug-likeness (QED) is 0.789. The van der Waals surface area contributed by atoms with E-state index in [1.165, 1.54) is 6.42 Å². The standard InChI is InChI=1S/C18H31N3O2S/c22-17(6-1-14-7-8-19-13-14)20-16-4-2-15(3-5-16)18(23)21-9-11-24-12-10-21/h14-16,19H,1-13H2,(H,20,22). The Kier molecular flexibility index (Phi) is 6.84. The molecule has 2 aliphatic heterocycles. The average molecular weight is 354 g/mol. The fourth-order valence-electron chi connectivity index (χ4n) is 4.12. The van der Waals surface area contributed by atoms with E-state index in [2.05, 4.69) is 15.5 Å². The zero-order valence-corrected chi connectivity index (χ0v) is 15.4. The molecule has 6 heteroatoms. The molecule has 5 nitrogen and oxygen atoms in total. The fraction of sp³-hybridized carbons (Fsp3) is 0.889. The van der Waals surface area contributed by atoms with Gasteiger partial charge < -0.3 is 15.5 Å². The predicted molar refractivity (Wildman–Crippen MR) is 98.0 cm³/mol. The molecular weight excluding hydrogens is 322 g/mol. The third-order valence-electron chi connectivity index (χ3n) is 5.71. The lowest BCUT2D eigenvalue weighted by atomic mass is 9.85. The van der Waals surface area contributed by atoms with E-state index in [-0.39, 0.29) is 17.9 Å². The van der Waals surface area contributed by atoms with Gasteiger partial charge in [0.1, 0.15) is 0 Å². The van der Waals surface area contributed by atoms with Crippen LogP contribution in [0.2, 0.25) is 0 Å². The molecule has 1 saturated carbocycles. The van der Waals surface area contributed by atoms with Gasteiger partial charge in [-0.3, -0.25) is 9.59 Å². The summed E-state index contributed by atoms with van der Waals surface area (Å²) in [5.41, 5.74) is 0. The number of nitrogens with one attached hydrogen (secondary N) is 2. The summed E-state index contributed by atoms with van der Waals surface area (Å²) in [6.45, 7) is 3.99. The Morgan fingerprint density at radius 1 is 1.08 bits per heavy atom. The lowest BCUT2D eigenvalue weighted by Gasteiger charge is -2.34. The van der Waals surface area contributed by atoms with Crippen molar-refractivity contribution < 1.29 is 9.59 Å². The van der Waals surface area contributed by atoms with E-state index < -0.39 is 0 Å². The molecule has 3 aliphatic rings. The summed E-state index contributed by atoms with van der Waals surface area (Å²) < 4.78 is 0. The molecule has 24 heavy (non-hydrogen) atoms. The van der Waals surface area contributed by atoms with E-state index >= 15 is 0 Å². The van der Waals surface area contributed by atoms with Gasteiger partial charge in [-0.1, -0.05) is 0 Å². The SMILES string of the molecule is O=C(CCC1CCNC1)NC1CCC(C(=O)N2CCSCC2)CC1. The monoisotopic (exact) mass is 353 g/mol. The average Bonchev–Trinajstić information content (AvgIpc) is 3.14. The van der Waals surface area contributed by atoms with Crippen LogP contribution in [0, 0.1) is 11.8 Å². The highest BCUT2D eigenvalue weighted by atomic mass is 32.2. The summed E-state index contributed by atoms with van der Waals surface area (Å²) in [6.07, 6.45) is 6.62. The number of nitrogens with zero attached hydrogens (tertiary/aromatic N) is 1. The molecule has 0 aromatic carbocycles. The van der Waals surface area contributed by atoms with Crippen LogP contribution in [-0.4, -0.2) is 60.4 Å². The number of hydrogen-bond acceptors (Lipinski definition) is 4. The highest BCUT2D eigenvalue weighted by Crippen LogP contribution is 2.27. The van der Waals surface area contributed by atoms with E-state index in [4.69, 9.17) is 0 Å². The molecule has 0 bridgehead atoms. The maximum absolute atomic E-state index is 12.6. The molecule has 3 rings (SSSR count). The van der Waals surface area contributed by atoms with Crippen molar-refractivity contribution in [3.05, 3.63) is 0 Å². The maximum Gasteiger partial charge on any atom is 0.225 e. The zero-order chi connectivity index (χ0) is 16.8. The van der Waals surface area contributed by atoms with Crippen LogP contribution in [0.4, 0.5) is 0 Å². The van der Waals surface area contributed by atoms with Gasteiger partial charge in [0, 0.05) is 43.0 Å². The minimum atomic E-state index is 0.186. The van der Waals surface area contributed by atoms with E-state index in [1.807, 2.05) is 11.8 Å². The van der Waals surface area contributed by atoms with Gasteiger partial charge in [0.15, 0.2) is 0 Å².